The van der Waals surface area contributed by atoms with Gasteiger partial charge in [0.25, 0.3) is 0 Å². The Morgan fingerprint density at radius 2 is 2.12 bits per heavy atom. The number of aromatic nitrogens is 1. The molecule has 1 heterocycles. The molecule has 0 aliphatic rings. The maximum Gasteiger partial charge on any atom is 0.416 e. The van der Waals surface area contributed by atoms with Crippen LogP contribution < -0.4 is 5.32 Å². The predicted octanol–water partition coefficient (Wildman–Crippen LogP) is 4.13. The normalized spacial score (nSPS) is 12.1. The lowest BCUT2D eigenvalue weighted by molar-refractivity contribution is -0.137. The number of hydrogen-bond acceptors (Lipinski definition) is 2. The van der Waals surface area contributed by atoms with Gasteiger partial charge in [0, 0.05) is 6.54 Å². The van der Waals surface area contributed by atoms with Crippen LogP contribution in [0.25, 0.3) is 0 Å². The summed E-state index contributed by atoms with van der Waals surface area (Å²) in [5, 5.41) is 2.61. The summed E-state index contributed by atoms with van der Waals surface area (Å²) in [7, 11) is 0. The molecular weight excluding hydrogens is 253 g/mol. The number of nitrogens with zero attached hydrogens (tertiary/aromatic N) is 1. The molecule has 94 valence electrons. The second-order valence-corrected chi connectivity index (χ2v) is 3.73. The highest BCUT2D eigenvalue weighted by molar-refractivity contribution is 6.29. The van der Waals surface area contributed by atoms with Crippen molar-refractivity contribution in [2.24, 2.45) is 0 Å². The summed E-state index contributed by atoms with van der Waals surface area (Å²) >= 11 is 5.53. The standard InChI is InChI=1S/C11H12ClF3N2/c1-2-3-4-5-16-10-7-8(11(13,14)15)6-9(12)17-10/h2-3,6-7H,4-5H2,1H3,(H,16,17)/b3-2+. The molecule has 1 aromatic rings. The van der Waals surface area contributed by atoms with Crippen LogP contribution in [-0.4, -0.2) is 11.5 Å². The van der Waals surface area contributed by atoms with Crippen LogP contribution in [-0.2, 0) is 6.18 Å². The molecule has 0 atom stereocenters. The van der Waals surface area contributed by atoms with Crippen molar-refractivity contribution in [2.45, 2.75) is 19.5 Å². The van der Waals surface area contributed by atoms with Gasteiger partial charge in [0.05, 0.1) is 5.56 Å². The van der Waals surface area contributed by atoms with E-state index in [0.29, 0.717) is 13.0 Å². The van der Waals surface area contributed by atoms with Crippen LogP contribution in [0.4, 0.5) is 19.0 Å². The summed E-state index contributed by atoms with van der Waals surface area (Å²) in [4.78, 5) is 3.78. The molecule has 2 nitrogen and oxygen atoms in total. The van der Waals surface area contributed by atoms with Gasteiger partial charge in [0.1, 0.15) is 11.0 Å². The fourth-order valence-corrected chi connectivity index (χ4v) is 1.41. The largest absolute Gasteiger partial charge is 0.416 e. The van der Waals surface area contributed by atoms with E-state index < -0.39 is 11.7 Å². The van der Waals surface area contributed by atoms with Crippen LogP contribution in [0, 0.1) is 0 Å². The van der Waals surface area contributed by atoms with Gasteiger partial charge in [0.2, 0.25) is 0 Å². The molecule has 0 aromatic carbocycles. The minimum atomic E-state index is -4.41. The third-order valence-corrected chi connectivity index (χ3v) is 2.17. The Kier molecular flexibility index (Phi) is 4.81. The van der Waals surface area contributed by atoms with E-state index >= 15 is 0 Å². The molecule has 6 heteroatoms. The third-order valence-electron chi connectivity index (χ3n) is 1.97. The molecule has 0 radical (unpaired) electrons. The highest BCUT2D eigenvalue weighted by Gasteiger charge is 2.31. The maximum absolute atomic E-state index is 12.5. The van der Waals surface area contributed by atoms with E-state index in [-0.39, 0.29) is 11.0 Å². The van der Waals surface area contributed by atoms with Crippen molar-refractivity contribution < 1.29 is 13.2 Å². The average molecular weight is 265 g/mol. The molecule has 0 saturated heterocycles. The van der Waals surface area contributed by atoms with E-state index in [4.69, 9.17) is 11.6 Å². The number of anilines is 1. The molecule has 0 fully saturated rings. The molecule has 1 N–H and O–H groups in total. The van der Waals surface area contributed by atoms with Crippen LogP contribution >= 0.6 is 11.6 Å². The Bertz CT molecular complexity index is 402. The molecule has 1 aromatic heterocycles. The fourth-order valence-electron chi connectivity index (χ4n) is 1.20. The van der Waals surface area contributed by atoms with Crippen molar-refractivity contribution in [3.63, 3.8) is 0 Å². The Labute approximate surface area is 103 Å². The third kappa shape index (κ3) is 4.65. The monoisotopic (exact) mass is 264 g/mol. The Balaban J connectivity index is 2.76. The van der Waals surface area contributed by atoms with Gasteiger partial charge < -0.3 is 5.32 Å². The quantitative estimate of drug-likeness (QED) is 0.502. The van der Waals surface area contributed by atoms with Crippen LogP contribution in [0.15, 0.2) is 24.3 Å². The number of alkyl halides is 3. The first-order valence-corrected chi connectivity index (χ1v) is 5.41. The van der Waals surface area contributed by atoms with E-state index in [1.54, 1.807) is 0 Å². The molecule has 0 saturated carbocycles. The Morgan fingerprint density at radius 1 is 1.41 bits per heavy atom. The van der Waals surface area contributed by atoms with E-state index in [1.807, 2.05) is 19.1 Å². The molecule has 0 bridgehead atoms. The first kappa shape index (κ1) is 13.8. The first-order chi connectivity index (χ1) is 7.93. The molecule has 17 heavy (non-hydrogen) atoms. The summed E-state index contributed by atoms with van der Waals surface area (Å²) in [6, 6.07) is 1.75. The van der Waals surface area contributed by atoms with Crippen molar-refractivity contribution in [3.05, 3.63) is 35.0 Å². The summed E-state index contributed by atoms with van der Waals surface area (Å²) in [5.41, 5.74) is -0.800. The summed E-state index contributed by atoms with van der Waals surface area (Å²) in [6.45, 7) is 2.38. The van der Waals surface area contributed by atoms with Crippen molar-refractivity contribution >= 4 is 17.4 Å². The Morgan fingerprint density at radius 3 is 2.71 bits per heavy atom. The number of nitrogens with one attached hydrogen (secondary N) is 1. The highest BCUT2D eigenvalue weighted by atomic mass is 35.5. The van der Waals surface area contributed by atoms with Gasteiger partial charge in [-0.05, 0) is 25.5 Å². The van der Waals surface area contributed by atoms with Crippen molar-refractivity contribution in [1.82, 2.24) is 4.98 Å². The van der Waals surface area contributed by atoms with E-state index in [0.717, 1.165) is 12.1 Å². The van der Waals surface area contributed by atoms with Crippen molar-refractivity contribution in [1.29, 1.82) is 0 Å². The van der Waals surface area contributed by atoms with E-state index in [2.05, 4.69) is 10.3 Å². The summed E-state index contributed by atoms with van der Waals surface area (Å²) in [5.74, 6) is 0.134. The first-order valence-electron chi connectivity index (χ1n) is 5.03. The lowest BCUT2D eigenvalue weighted by Gasteiger charge is -2.10. The van der Waals surface area contributed by atoms with Crippen LogP contribution in [0.3, 0.4) is 0 Å². The second-order valence-electron chi connectivity index (χ2n) is 3.35. The lowest BCUT2D eigenvalue weighted by atomic mass is 10.2. The van der Waals surface area contributed by atoms with Crippen molar-refractivity contribution in [3.8, 4) is 0 Å². The minimum absolute atomic E-state index is 0.134. The van der Waals surface area contributed by atoms with Crippen molar-refractivity contribution in [2.75, 3.05) is 11.9 Å². The van der Waals surface area contributed by atoms with Gasteiger partial charge >= 0.3 is 6.18 Å². The zero-order chi connectivity index (χ0) is 12.9. The molecular formula is C11H12ClF3N2. The zero-order valence-electron chi connectivity index (χ0n) is 9.18. The van der Waals surface area contributed by atoms with Crippen LogP contribution in [0.1, 0.15) is 18.9 Å². The average Bonchev–Trinajstić information content (AvgIpc) is 2.22. The molecule has 0 spiro atoms. The van der Waals surface area contributed by atoms with Gasteiger partial charge in [-0.1, -0.05) is 23.8 Å². The van der Waals surface area contributed by atoms with Gasteiger partial charge in [-0.25, -0.2) is 4.98 Å². The predicted molar refractivity (Wildman–Crippen MR) is 62.2 cm³/mol. The topological polar surface area (TPSA) is 24.9 Å². The number of allylic oxidation sites excluding steroid dienone is 1. The van der Waals surface area contributed by atoms with Gasteiger partial charge in [-0.3, -0.25) is 0 Å². The number of hydrogen-bond donors (Lipinski definition) is 1. The summed E-state index contributed by atoms with van der Waals surface area (Å²) in [6.07, 6.45) is 0.0782. The zero-order valence-corrected chi connectivity index (χ0v) is 9.94. The minimum Gasteiger partial charge on any atom is -0.370 e. The number of halogens is 4. The number of rotatable bonds is 4. The number of pyridine rings is 1. The molecule has 0 unspecified atom stereocenters. The van der Waals surface area contributed by atoms with Crippen LogP contribution in [0.5, 0.6) is 0 Å². The SMILES string of the molecule is C/C=C/CCNc1cc(C(F)(F)F)cc(Cl)n1. The van der Waals surface area contributed by atoms with Crippen LogP contribution in [0.2, 0.25) is 5.15 Å². The van der Waals surface area contributed by atoms with E-state index in [9.17, 15) is 13.2 Å². The molecule has 0 aliphatic carbocycles. The highest BCUT2D eigenvalue weighted by Crippen LogP contribution is 2.31. The molecule has 0 amide bonds. The summed E-state index contributed by atoms with van der Waals surface area (Å²) < 4.78 is 37.4. The molecule has 1 rings (SSSR count). The van der Waals surface area contributed by atoms with E-state index in [1.165, 1.54) is 0 Å². The lowest BCUT2D eigenvalue weighted by Crippen LogP contribution is -2.08. The second kappa shape index (κ2) is 5.91. The van der Waals surface area contributed by atoms with Gasteiger partial charge in [-0.15, -0.1) is 0 Å². The smallest absolute Gasteiger partial charge is 0.370 e. The fraction of sp³-hybridized carbons (Fsp3) is 0.364. The van der Waals surface area contributed by atoms with Gasteiger partial charge in [0.15, 0.2) is 0 Å². The molecule has 0 aliphatic heterocycles. The maximum atomic E-state index is 12.5. The Hall–Kier alpha value is -1.23. The van der Waals surface area contributed by atoms with Gasteiger partial charge in [-0.2, -0.15) is 13.2 Å².